The van der Waals surface area contributed by atoms with E-state index in [1.165, 1.54) is 23.4 Å². The van der Waals surface area contributed by atoms with Crippen molar-refractivity contribution in [2.24, 2.45) is 0 Å². The summed E-state index contributed by atoms with van der Waals surface area (Å²) in [5, 5.41) is 6.43. The molecule has 0 saturated heterocycles. The van der Waals surface area contributed by atoms with E-state index < -0.39 is 0 Å². The number of aromatic nitrogens is 5. The van der Waals surface area contributed by atoms with Crippen LogP contribution in [-0.2, 0) is 11.3 Å². The molecule has 0 aliphatic rings. The van der Waals surface area contributed by atoms with Crippen LogP contribution in [-0.4, -0.2) is 30.6 Å². The number of amides is 1. The van der Waals surface area contributed by atoms with Gasteiger partial charge in [-0.2, -0.15) is 5.10 Å². The Balaban J connectivity index is 2.03. The van der Waals surface area contributed by atoms with Gasteiger partial charge in [0.25, 0.3) is 0 Å². The van der Waals surface area contributed by atoms with Crippen LogP contribution in [0.3, 0.4) is 0 Å². The van der Waals surface area contributed by atoms with Crippen LogP contribution >= 0.6 is 23.2 Å². The first kappa shape index (κ1) is 11.7. The zero-order valence-corrected chi connectivity index (χ0v) is 9.85. The fourth-order valence-corrected chi connectivity index (χ4v) is 1.51. The van der Waals surface area contributed by atoms with Crippen molar-refractivity contribution in [2.45, 2.75) is 6.54 Å². The highest BCUT2D eigenvalue weighted by atomic mass is 35.5. The van der Waals surface area contributed by atoms with Crippen molar-refractivity contribution in [1.82, 2.24) is 24.7 Å². The predicted octanol–water partition coefficient (Wildman–Crippen LogP) is 1.01. The van der Waals surface area contributed by atoms with Crippen LogP contribution in [0.4, 0.5) is 5.82 Å². The number of halogens is 2. The van der Waals surface area contributed by atoms with E-state index in [0.717, 1.165) is 0 Å². The molecule has 7 nitrogen and oxygen atoms in total. The molecule has 88 valence electrons. The van der Waals surface area contributed by atoms with Crippen molar-refractivity contribution < 1.29 is 4.79 Å². The summed E-state index contributed by atoms with van der Waals surface area (Å²) in [5.74, 6) is -0.0820. The molecule has 0 unspecified atom stereocenters. The maximum absolute atomic E-state index is 11.6. The molecule has 9 heteroatoms. The molecule has 0 atom stereocenters. The lowest BCUT2D eigenvalue weighted by Gasteiger charge is -2.04. The average Bonchev–Trinajstić information content (AvgIpc) is 2.67. The van der Waals surface area contributed by atoms with Gasteiger partial charge >= 0.3 is 0 Å². The van der Waals surface area contributed by atoms with Gasteiger partial charge in [0.05, 0.1) is 0 Å². The third-order valence-corrected chi connectivity index (χ3v) is 2.07. The van der Waals surface area contributed by atoms with Gasteiger partial charge in [-0.05, 0) is 11.6 Å². The van der Waals surface area contributed by atoms with E-state index in [1.54, 1.807) is 0 Å². The molecular formula is C8H6Cl2N6O. The Morgan fingerprint density at radius 3 is 2.88 bits per heavy atom. The Morgan fingerprint density at radius 1 is 1.41 bits per heavy atom. The Labute approximate surface area is 106 Å². The standard InChI is InChI=1S/C8H6Cl2N6O/c9-5-1-6(15-8(10)13-5)14-7(17)2-16-4-11-3-12-16/h1,3-4H,2H2,(H,13,14,15,17). The molecule has 0 aliphatic carbocycles. The van der Waals surface area contributed by atoms with Gasteiger partial charge in [-0.15, -0.1) is 0 Å². The molecule has 2 heterocycles. The number of hydrogen-bond donors (Lipinski definition) is 1. The zero-order chi connectivity index (χ0) is 12.3. The fourth-order valence-electron chi connectivity index (χ4n) is 1.10. The summed E-state index contributed by atoms with van der Waals surface area (Å²) in [6.07, 6.45) is 2.77. The number of hydrogen-bond acceptors (Lipinski definition) is 5. The zero-order valence-electron chi connectivity index (χ0n) is 8.34. The quantitative estimate of drug-likeness (QED) is 0.666. The van der Waals surface area contributed by atoms with Crippen molar-refractivity contribution in [2.75, 3.05) is 5.32 Å². The molecule has 2 aromatic rings. The number of carbonyl (C=O) groups excluding carboxylic acids is 1. The van der Waals surface area contributed by atoms with Crippen LogP contribution in [0, 0.1) is 0 Å². The maximum atomic E-state index is 11.6. The lowest BCUT2D eigenvalue weighted by atomic mass is 10.5. The van der Waals surface area contributed by atoms with Gasteiger partial charge in [0.1, 0.15) is 30.2 Å². The Bertz CT molecular complexity index is 509. The lowest BCUT2D eigenvalue weighted by molar-refractivity contribution is -0.116. The van der Waals surface area contributed by atoms with Crippen molar-refractivity contribution >= 4 is 34.9 Å². The molecule has 0 saturated carbocycles. The van der Waals surface area contributed by atoms with Crippen LogP contribution < -0.4 is 5.32 Å². The minimum atomic E-state index is -0.318. The summed E-state index contributed by atoms with van der Waals surface area (Å²) in [6, 6.07) is 1.40. The van der Waals surface area contributed by atoms with Gasteiger partial charge in [-0.25, -0.2) is 19.6 Å². The third kappa shape index (κ3) is 3.36. The van der Waals surface area contributed by atoms with Gasteiger partial charge in [-0.1, -0.05) is 11.6 Å². The summed E-state index contributed by atoms with van der Waals surface area (Å²) in [6.45, 7) is 0.0270. The van der Waals surface area contributed by atoms with Crippen molar-refractivity contribution in [3.8, 4) is 0 Å². The SMILES string of the molecule is O=C(Cn1cncn1)Nc1cc(Cl)nc(Cl)n1. The summed E-state index contributed by atoms with van der Waals surface area (Å²) < 4.78 is 1.37. The van der Waals surface area contributed by atoms with E-state index in [9.17, 15) is 4.79 Å². The van der Waals surface area contributed by atoms with Crippen LogP contribution in [0.25, 0.3) is 0 Å². The molecule has 1 N–H and O–H groups in total. The van der Waals surface area contributed by atoms with Crippen LogP contribution in [0.2, 0.25) is 10.4 Å². The van der Waals surface area contributed by atoms with Crippen molar-refractivity contribution in [1.29, 1.82) is 0 Å². The van der Waals surface area contributed by atoms with E-state index in [-0.39, 0.29) is 28.7 Å². The van der Waals surface area contributed by atoms with Crippen LogP contribution in [0.5, 0.6) is 0 Å². The van der Waals surface area contributed by atoms with E-state index >= 15 is 0 Å². The molecule has 1 amide bonds. The monoisotopic (exact) mass is 272 g/mol. The number of rotatable bonds is 3. The molecule has 0 aliphatic heterocycles. The Morgan fingerprint density at radius 2 is 2.24 bits per heavy atom. The highest BCUT2D eigenvalue weighted by molar-refractivity contribution is 6.32. The van der Waals surface area contributed by atoms with Gasteiger partial charge < -0.3 is 5.32 Å². The molecule has 0 bridgehead atoms. The topological polar surface area (TPSA) is 85.6 Å². The molecule has 0 aromatic carbocycles. The molecule has 2 rings (SSSR count). The molecule has 2 aromatic heterocycles. The van der Waals surface area contributed by atoms with Crippen molar-refractivity contribution in [3.05, 3.63) is 29.2 Å². The molecule has 0 spiro atoms. The number of anilines is 1. The summed E-state index contributed by atoms with van der Waals surface area (Å²) >= 11 is 11.3. The predicted molar refractivity (Wildman–Crippen MR) is 60.7 cm³/mol. The third-order valence-electron chi connectivity index (χ3n) is 1.71. The Hall–Kier alpha value is -1.73. The second-order valence-electron chi connectivity index (χ2n) is 2.99. The first-order chi connectivity index (χ1) is 8.13. The second kappa shape index (κ2) is 5.07. The number of nitrogens with zero attached hydrogens (tertiary/aromatic N) is 5. The smallest absolute Gasteiger partial charge is 0.247 e. The lowest BCUT2D eigenvalue weighted by Crippen LogP contribution is -2.19. The summed E-state index contributed by atoms with van der Waals surface area (Å²) in [7, 11) is 0. The van der Waals surface area contributed by atoms with Gasteiger partial charge in [-0.3, -0.25) is 4.79 Å². The van der Waals surface area contributed by atoms with E-state index in [4.69, 9.17) is 23.2 Å². The first-order valence-electron chi connectivity index (χ1n) is 4.46. The minimum Gasteiger partial charge on any atom is -0.309 e. The van der Waals surface area contributed by atoms with Crippen LogP contribution in [0.15, 0.2) is 18.7 Å². The second-order valence-corrected chi connectivity index (χ2v) is 3.71. The molecule has 17 heavy (non-hydrogen) atoms. The molecule has 0 fully saturated rings. The van der Waals surface area contributed by atoms with E-state index in [2.05, 4.69) is 25.4 Å². The van der Waals surface area contributed by atoms with Crippen molar-refractivity contribution in [3.63, 3.8) is 0 Å². The maximum Gasteiger partial charge on any atom is 0.247 e. The summed E-state index contributed by atoms with van der Waals surface area (Å²) in [4.78, 5) is 22.7. The Kier molecular flexibility index (Phi) is 3.50. The molecule has 0 radical (unpaired) electrons. The van der Waals surface area contributed by atoms with E-state index in [1.807, 2.05) is 0 Å². The average molecular weight is 273 g/mol. The van der Waals surface area contributed by atoms with Gasteiger partial charge in [0.2, 0.25) is 11.2 Å². The highest BCUT2D eigenvalue weighted by Crippen LogP contribution is 2.14. The molecular weight excluding hydrogens is 267 g/mol. The number of nitrogens with one attached hydrogen (secondary N) is 1. The van der Waals surface area contributed by atoms with Gasteiger partial charge in [0.15, 0.2) is 0 Å². The van der Waals surface area contributed by atoms with Crippen LogP contribution in [0.1, 0.15) is 0 Å². The van der Waals surface area contributed by atoms with E-state index in [0.29, 0.717) is 0 Å². The minimum absolute atomic E-state index is 0.0270. The number of carbonyl (C=O) groups is 1. The fraction of sp³-hybridized carbons (Fsp3) is 0.125. The highest BCUT2D eigenvalue weighted by Gasteiger charge is 2.07. The summed E-state index contributed by atoms with van der Waals surface area (Å²) in [5.41, 5.74) is 0. The normalized spacial score (nSPS) is 10.2. The largest absolute Gasteiger partial charge is 0.309 e. The van der Waals surface area contributed by atoms with Gasteiger partial charge in [0, 0.05) is 6.07 Å². The first-order valence-corrected chi connectivity index (χ1v) is 5.21.